The van der Waals surface area contributed by atoms with Gasteiger partial charge in [0.1, 0.15) is 5.71 Å². The van der Waals surface area contributed by atoms with Crippen LogP contribution in [0.4, 0.5) is 0 Å². The number of thioether (sulfide) groups is 1. The molecule has 24 heteroatoms. The van der Waals surface area contributed by atoms with Crippen LogP contribution >= 0.6 is 23.7 Å². The van der Waals surface area contributed by atoms with Crippen molar-refractivity contribution in [1.29, 1.82) is 0 Å². The summed E-state index contributed by atoms with van der Waals surface area (Å²) in [5, 5.41) is 25.3. The van der Waals surface area contributed by atoms with Gasteiger partial charge in [-0.2, -0.15) is 20.4 Å². The molecule has 0 saturated heterocycles. The molecule has 334 valence electrons. The van der Waals surface area contributed by atoms with E-state index in [1.54, 1.807) is 65.9 Å². The van der Waals surface area contributed by atoms with Crippen LogP contribution in [0.2, 0.25) is 0 Å². The standard InChI is InChI=1S/C5H7NO.3C4H6N2O.2C4H8N2.C4H5NO2.2C4H5NOS/c1-4-2-6-3-5(4)7;1-6-3-2-5-4(6)7;1-6-4(7)2-3-5-6;1-3-2-5-6-4(3)7;1-4-2-5-6-3-4;1-6-4-2-3-5-6;1-3-4(6)2-7-5-3;1-3-5-4(6)2-7-3;1-3-4(6)2-7-5-3/h2,6H,3H2,1H3;2-3H,1H3,(H,5,7);3H,2H2,1H3;2-3H,1H3,(H,6,7);2,4,6H,3H2,1H3;3H,2,4H2,1H3;3*2H2,1H3. The summed E-state index contributed by atoms with van der Waals surface area (Å²) < 4.78 is 5.27. The van der Waals surface area contributed by atoms with Gasteiger partial charge >= 0.3 is 5.69 Å². The van der Waals surface area contributed by atoms with E-state index in [4.69, 9.17) is 0 Å². The molecule has 9 heterocycles. The number of carbonyl (C=O) groups is 6. The number of carbonyl (C=O) groups excluding carboxylic acids is 6. The van der Waals surface area contributed by atoms with Crippen molar-refractivity contribution in [3.63, 3.8) is 0 Å². The van der Waals surface area contributed by atoms with Gasteiger partial charge in [0.15, 0.2) is 18.2 Å². The van der Waals surface area contributed by atoms with Gasteiger partial charge in [-0.3, -0.25) is 28.8 Å². The van der Waals surface area contributed by atoms with Crippen LogP contribution in [-0.2, 0) is 40.7 Å². The smallest absolute Gasteiger partial charge is 0.325 e. The third-order valence-electron chi connectivity index (χ3n) is 7.60. The fraction of sp³-hybridized carbons (Fsp3) is 0.514. The summed E-state index contributed by atoms with van der Waals surface area (Å²) in [6, 6.07) is 0. The first kappa shape index (κ1) is 53.0. The zero-order chi connectivity index (χ0) is 45.7. The van der Waals surface area contributed by atoms with Crippen molar-refractivity contribution >= 4 is 100 Å². The van der Waals surface area contributed by atoms with Gasteiger partial charge < -0.3 is 30.1 Å². The van der Waals surface area contributed by atoms with Crippen LogP contribution in [0.3, 0.4) is 0 Å². The lowest BCUT2D eigenvalue weighted by Crippen LogP contribution is -2.16. The number of hydrazone groups is 4. The number of nitrogens with one attached hydrogen (secondary N) is 4. The lowest BCUT2D eigenvalue weighted by Gasteiger charge is -2.00. The second kappa shape index (κ2) is 30.1. The third-order valence-corrected chi connectivity index (χ3v) is 9.29. The summed E-state index contributed by atoms with van der Waals surface area (Å²) >= 11 is 2.83. The first-order valence-corrected chi connectivity index (χ1v) is 20.7. The number of imidazole rings is 1. The minimum atomic E-state index is -0.0694. The van der Waals surface area contributed by atoms with Crippen molar-refractivity contribution in [3.8, 4) is 0 Å². The van der Waals surface area contributed by atoms with Crippen molar-refractivity contribution in [2.45, 2.75) is 54.4 Å². The SMILES string of the molecule is CC1=CNCC1=O.CC1=NC(=O)CS1.CC1=NOCC1=O.CC1=NSCC1=O.CC1C=NNC1.CC1C=NNC1=O.CN1CCC=N1.CN1N=CCC1=O.Cn1cc[nH]c1=O. The quantitative estimate of drug-likeness (QED) is 0.267. The molecule has 0 radical (unpaired) electrons. The van der Waals surface area contributed by atoms with Crippen LogP contribution in [0.5, 0.6) is 0 Å². The predicted octanol–water partition coefficient (Wildman–Crippen LogP) is 1.19. The van der Waals surface area contributed by atoms with E-state index in [1.807, 2.05) is 38.3 Å². The predicted molar refractivity (Wildman–Crippen MR) is 241 cm³/mol. The Kier molecular flexibility index (Phi) is 26.1. The van der Waals surface area contributed by atoms with Gasteiger partial charge in [-0.05, 0) is 46.6 Å². The Hall–Kier alpha value is -6.04. The molecule has 0 spiro atoms. The fourth-order valence-corrected chi connectivity index (χ4v) is 5.00. The Morgan fingerprint density at radius 1 is 0.852 bits per heavy atom. The molecule has 0 bridgehead atoms. The summed E-state index contributed by atoms with van der Waals surface area (Å²) in [7, 11) is 5.31. The van der Waals surface area contributed by atoms with Crippen LogP contribution in [0.15, 0.2) is 63.9 Å². The van der Waals surface area contributed by atoms with Gasteiger partial charge in [-0.15, -0.1) is 11.8 Å². The molecule has 9 rings (SSSR count). The number of rotatable bonds is 0. The van der Waals surface area contributed by atoms with E-state index in [2.05, 4.69) is 67.9 Å². The van der Waals surface area contributed by atoms with Crippen LogP contribution in [0.1, 0.15) is 54.4 Å². The summed E-state index contributed by atoms with van der Waals surface area (Å²) in [5.41, 5.74) is 7.03. The summed E-state index contributed by atoms with van der Waals surface area (Å²) in [6.45, 7) is 13.7. The van der Waals surface area contributed by atoms with Crippen LogP contribution < -0.4 is 21.9 Å². The van der Waals surface area contributed by atoms with Crippen LogP contribution in [0, 0.1) is 11.8 Å². The number of aryl methyl sites for hydroxylation is 1. The van der Waals surface area contributed by atoms with Gasteiger partial charge in [-0.1, -0.05) is 12.1 Å². The Morgan fingerprint density at radius 2 is 1.59 bits per heavy atom. The van der Waals surface area contributed by atoms with E-state index in [1.165, 1.54) is 33.3 Å². The maximum absolute atomic E-state index is 10.4. The first-order valence-electron chi connectivity index (χ1n) is 18.8. The Bertz CT molecular complexity index is 1820. The Balaban J connectivity index is 0.000000343. The molecular weight excluding hydrogens is 833 g/mol. The summed E-state index contributed by atoms with van der Waals surface area (Å²) in [5.74, 6) is 2.13. The van der Waals surface area contributed by atoms with E-state index in [-0.39, 0.29) is 53.3 Å². The molecule has 22 nitrogen and oxygen atoms in total. The maximum Gasteiger partial charge on any atom is 0.325 e. The number of H-pyrrole nitrogens is 1. The molecule has 3 amide bonds. The molecule has 8 aliphatic rings. The molecule has 0 saturated carbocycles. The van der Waals surface area contributed by atoms with Gasteiger partial charge in [0, 0.05) is 95.6 Å². The Morgan fingerprint density at radius 3 is 1.74 bits per heavy atom. The monoisotopic (exact) mass is 888 g/mol. The molecule has 2 atom stereocenters. The minimum absolute atomic E-state index is 0.00231. The number of hydrogen-bond acceptors (Lipinski definition) is 19. The van der Waals surface area contributed by atoms with Crippen molar-refractivity contribution in [2.24, 2.45) is 53.8 Å². The summed E-state index contributed by atoms with van der Waals surface area (Å²) in [6.07, 6.45) is 13.6. The molecule has 0 aromatic carbocycles. The van der Waals surface area contributed by atoms with E-state index >= 15 is 0 Å². The molecule has 0 fully saturated rings. The van der Waals surface area contributed by atoms with Crippen LogP contribution in [-0.4, -0.2) is 148 Å². The Labute approximate surface area is 363 Å². The van der Waals surface area contributed by atoms with Crippen LogP contribution in [0.25, 0.3) is 0 Å². The number of aromatic nitrogens is 2. The lowest BCUT2D eigenvalue weighted by atomic mass is 10.2. The van der Waals surface area contributed by atoms with Crippen molar-refractivity contribution in [2.75, 3.05) is 51.8 Å². The summed E-state index contributed by atoms with van der Waals surface area (Å²) in [4.78, 5) is 83.0. The molecular formula is C37H56N14O8S2. The zero-order valence-corrected chi connectivity index (χ0v) is 37.5. The molecule has 2 unspecified atom stereocenters. The molecule has 0 aliphatic carbocycles. The van der Waals surface area contributed by atoms with Gasteiger partial charge in [0.25, 0.3) is 5.91 Å². The van der Waals surface area contributed by atoms with Gasteiger partial charge in [-0.25, -0.2) is 24.6 Å². The molecule has 8 aliphatic heterocycles. The topological polar surface area (TPSA) is 279 Å². The third kappa shape index (κ3) is 24.6. The maximum atomic E-state index is 10.4. The van der Waals surface area contributed by atoms with Gasteiger partial charge in [0.05, 0.1) is 41.1 Å². The normalized spacial score (nSPS) is 20.4. The highest BCUT2D eigenvalue weighted by atomic mass is 32.2. The van der Waals surface area contributed by atoms with E-state index in [0.29, 0.717) is 41.8 Å². The number of hydrogen-bond donors (Lipinski definition) is 4. The highest BCUT2D eigenvalue weighted by Gasteiger charge is 2.14. The molecule has 1 aromatic heterocycles. The second-order valence-electron chi connectivity index (χ2n) is 13.1. The first-order chi connectivity index (χ1) is 28.9. The minimum Gasteiger partial charge on any atom is -0.387 e. The van der Waals surface area contributed by atoms with Crippen molar-refractivity contribution < 1.29 is 33.6 Å². The number of oxime groups is 1. The number of Topliss-reactive ketones (excluding diaryl/α,β-unsaturated/α-hetero) is 3. The van der Waals surface area contributed by atoms with E-state index in [9.17, 15) is 33.6 Å². The van der Waals surface area contributed by atoms with Crippen molar-refractivity contribution in [1.82, 2.24) is 35.7 Å². The van der Waals surface area contributed by atoms with Crippen molar-refractivity contribution in [3.05, 3.63) is 34.7 Å². The lowest BCUT2D eigenvalue weighted by molar-refractivity contribution is -0.127. The second-order valence-corrected chi connectivity index (χ2v) is 15.0. The number of nitrogens with zero attached hydrogens (tertiary/aromatic N) is 10. The van der Waals surface area contributed by atoms with E-state index < -0.39 is 0 Å². The largest absolute Gasteiger partial charge is 0.387 e. The molecule has 1 aromatic rings. The average Bonchev–Trinajstić information content (AvgIpc) is 4.09. The molecule has 4 N–H and O–H groups in total. The average molecular weight is 889 g/mol. The number of aliphatic imine (C=N–C) groups is 1. The highest BCUT2D eigenvalue weighted by molar-refractivity contribution is 8.14. The van der Waals surface area contributed by atoms with E-state index in [0.717, 1.165) is 30.1 Å². The number of ketones is 3. The zero-order valence-electron chi connectivity index (χ0n) is 35.9. The fourth-order valence-electron chi connectivity index (χ4n) is 3.75. The number of aromatic amines is 1. The molecule has 61 heavy (non-hydrogen) atoms. The highest BCUT2D eigenvalue weighted by Crippen LogP contribution is 2.11. The van der Waals surface area contributed by atoms with Gasteiger partial charge in [0.2, 0.25) is 17.6 Å². The number of amides is 3.